The van der Waals surface area contributed by atoms with Crippen molar-refractivity contribution in [2.45, 2.75) is 26.3 Å². The molecule has 0 radical (unpaired) electrons. The van der Waals surface area contributed by atoms with Crippen LogP contribution in [-0.2, 0) is 6.54 Å². The van der Waals surface area contributed by atoms with Gasteiger partial charge in [-0.2, -0.15) is 0 Å². The molecule has 0 aliphatic carbocycles. The van der Waals surface area contributed by atoms with Gasteiger partial charge in [-0.05, 0) is 38.4 Å². The number of hydrogen-bond donors (Lipinski definition) is 2. The number of aromatic nitrogens is 3. The van der Waals surface area contributed by atoms with Gasteiger partial charge in [0.25, 0.3) is 5.91 Å². The number of amides is 1. The first-order valence-corrected chi connectivity index (χ1v) is 7.09. The lowest BCUT2D eigenvalue weighted by Gasteiger charge is -2.37. The van der Waals surface area contributed by atoms with Gasteiger partial charge in [0, 0.05) is 13.1 Å². The van der Waals surface area contributed by atoms with E-state index in [0.29, 0.717) is 25.3 Å². The molecule has 1 amide bonds. The Balaban J connectivity index is 1.85. The van der Waals surface area contributed by atoms with Gasteiger partial charge in [0.2, 0.25) is 0 Å². The number of rotatable bonds is 5. The lowest BCUT2D eigenvalue weighted by atomic mass is 9.80. The van der Waals surface area contributed by atoms with Crippen molar-refractivity contribution < 1.29 is 4.79 Å². The molecule has 1 aromatic rings. The topological polar surface area (TPSA) is 89.1 Å². The second kappa shape index (κ2) is 6.32. The summed E-state index contributed by atoms with van der Waals surface area (Å²) >= 11 is 0. The number of nitrogens with one attached hydrogen (secondary N) is 1. The first-order valence-electron chi connectivity index (χ1n) is 7.09. The van der Waals surface area contributed by atoms with Crippen LogP contribution in [0.25, 0.3) is 0 Å². The zero-order chi connectivity index (χ0) is 14.6. The van der Waals surface area contributed by atoms with Crippen LogP contribution in [0.1, 0.15) is 30.3 Å². The van der Waals surface area contributed by atoms with Crippen LogP contribution in [-0.4, -0.2) is 59.0 Å². The highest BCUT2D eigenvalue weighted by Gasteiger charge is 2.29. The van der Waals surface area contributed by atoms with Gasteiger partial charge in [-0.25, -0.2) is 0 Å². The van der Waals surface area contributed by atoms with Gasteiger partial charge in [0.15, 0.2) is 5.69 Å². The summed E-state index contributed by atoms with van der Waals surface area (Å²) in [5.41, 5.74) is 5.97. The first-order chi connectivity index (χ1) is 9.52. The fraction of sp³-hybridized carbons (Fsp3) is 0.769. The van der Waals surface area contributed by atoms with Crippen LogP contribution in [0, 0.1) is 5.41 Å². The van der Waals surface area contributed by atoms with Crippen molar-refractivity contribution in [3.05, 3.63) is 11.9 Å². The van der Waals surface area contributed by atoms with Crippen LogP contribution in [0.4, 0.5) is 0 Å². The first kappa shape index (κ1) is 14.9. The van der Waals surface area contributed by atoms with E-state index in [1.807, 2.05) is 0 Å². The lowest BCUT2D eigenvalue weighted by Crippen LogP contribution is -2.43. The fourth-order valence-electron chi connectivity index (χ4n) is 2.36. The molecule has 0 unspecified atom stereocenters. The molecule has 0 aromatic carbocycles. The molecule has 7 nitrogen and oxygen atoms in total. The monoisotopic (exact) mass is 280 g/mol. The Morgan fingerprint density at radius 2 is 2.20 bits per heavy atom. The Morgan fingerprint density at radius 1 is 1.50 bits per heavy atom. The standard InChI is InChI=1S/C13H24N6O/c1-13(3-6-18(2)7-4-13)10-15-12(20)11-9-19(8-5-14)17-16-11/h9H,3-8,10,14H2,1-2H3,(H,15,20). The number of carbonyl (C=O) groups is 1. The van der Waals surface area contributed by atoms with E-state index in [9.17, 15) is 4.79 Å². The second-order valence-corrected chi connectivity index (χ2v) is 5.95. The van der Waals surface area contributed by atoms with E-state index in [1.54, 1.807) is 10.9 Å². The summed E-state index contributed by atoms with van der Waals surface area (Å²) in [5.74, 6) is -0.159. The van der Waals surface area contributed by atoms with E-state index >= 15 is 0 Å². The van der Waals surface area contributed by atoms with E-state index in [-0.39, 0.29) is 11.3 Å². The predicted molar refractivity (Wildman–Crippen MR) is 76.2 cm³/mol. The number of nitrogens with zero attached hydrogens (tertiary/aromatic N) is 4. The molecule has 2 rings (SSSR count). The van der Waals surface area contributed by atoms with Crippen molar-refractivity contribution in [3.63, 3.8) is 0 Å². The highest BCUT2D eigenvalue weighted by molar-refractivity contribution is 5.91. The Kier molecular flexibility index (Phi) is 4.72. The van der Waals surface area contributed by atoms with Gasteiger partial charge in [-0.3, -0.25) is 9.48 Å². The summed E-state index contributed by atoms with van der Waals surface area (Å²) in [5, 5.41) is 10.7. The van der Waals surface area contributed by atoms with E-state index in [1.165, 1.54) is 0 Å². The minimum atomic E-state index is -0.159. The maximum absolute atomic E-state index is 12.0. The lowest BCUT2D eigenvalue weighted by molar-refractivity contribution is 0.0886. The third-order valence-electron chi connectivity index (χ3n) is 4.00. The van der Waals surface area contributed by atoms with Crippen LogP contribution >= 0.6 is 0 Å². The molecular weight excluding hydrogens is 256 g/mol. The largest absolute Gasteiger partial charge is 0.350 e. The molecule has 1 aliphatic heterocycles. The minimum absolute atomic E-state index is 0.159. The van der Waals surface area contributed by atoms with Crippen LogP contribution in [0.3, 0.4) is 0 Å². The maximum Gasteiger partial charge on any atom is 0.273 e. The second-order valence-electron chi connectivity index (χ2n) is 5.95. The summed E-state index contributed by atoms with van der Waals surface area (Å²) in [6.07, 6.45) is 3.84. The fourth-order valence-corrected chi connectivity index (χ4v) is 2.36. The summed E-state index contributed by atoms with van der Waals surface area (Å²) in [7, 11) is 2.13. The van der Waals surface area contributed by atoms with Crippen LogP contribution < -0.4 is 11.1 Å². The Morgan fingerprint density at radius 3 is 2.85 bits per heavy atom. The molecule has 20 heavy (non-hydrogen) atoms. The highest BCUT2D eigenvalue weighted by atomic mass is 16.2. The number of nitrogens with two attached hydrogens (primary N) is 1. The average molecular weight is 280 g/mol. The molecule has 2 heterocycles. The van der Waals surface area contributed by atoms with Crippen LogP contribution in [0.5, 0.6) is 0 Å². The van der Waals surface area contributed by atoms with E-state index in [4.69, 9.17) is 5.73 Å². The van der Waals surface area contributed by atoms with Gasteiger partial charge in [-0.1, -0.05) is 12.1 Å². The molecule has 0 bridgehead atoms. The summed E-state index contributed by atoms with van der Waals surface area (Å²) in [6, 6.07) is 0. The molecule has 3 N–H and O–H groups in total. The van der Waals surface area contributed by atoms with Crippen molar-refractivity contribution >= 4 is 5.91 Å². The number of likely N-dealkylation sites (tertiary alicyclic amines) is 1. The zero-order valence-corrected chi connectivity index (χ0v) is 12.3. The zero-order valence-electron chi connectivity index (χ0n) is 12.3. The summed E-state index contributed by atoms with van der Waals surface area (Å²) < 4.78 is 1.59. The predicted octanol–water partition coefficient (Wildman–Crippen LogP) is -0.301. The summed E-state index contributed by atoms with van der Waals surface area (Å²) in [4.78, 5) is 14.4. The van der Waals surface area contributed by atoms with Crippen molar-refractivity contribution in [3.8, 4) is 0 Å². The molecule has 1 saturated heterocycles. The van der Waals surface area contributed by atoms with Gasteiger partial charge >= 0.3 is 0 Å². The Hall–Kier alpha value is -1.47. The molecule has 0 saturated carbocycles. The molecule has 1 fully saturated rings. The number of piperidine rings is 1. The van der Waals surface area contributed by atoms with Crippen molar-refractivity contribution in [1.29, 1.82) is 0 Å². The smallest absolute Gasteiger partial charge is 0.273 e. The average Bonchev–Trinajstić information content (AvgIpc) is 2.89. The Labute approximate surface area is 119 Å². The minimum Gasteiger partial charge on any atom is -0.350 e. The summed E-state index contributed by atoms with van der Waals surface area (Å²) in [6.45, 7) is 6.13. The van der Waals surface area contributed by atoms with Crippen LogP contribution in [0.15, 0.2) is 6.20 Å². The van der Waals surface area contributed by atoms with Gasteiger partial charge in [-0.15, -0.1) is 5.10 Å². The molecule has 0 spiro atoms. The normalized spacial score (nSPS) is 18.9. The van der Waals surface area contributed by atoms with E-state index in [2.05, 4.69) is 34.5 Å². The van der Waals surface area contributed by atoms with Crippen molar-refractivity contribution in [2.24, 2.45) is 11.1 Å². The quantitative estimate of drug-likeness (QED) is 0.773. The van der Waals surface area contributed by atoms with Gasteiger partial charge in [0.05, 0.1) is 12.7 Å². The molecular formula is C13H24N6O. The molecule has 0 atom stereocenters. The molecule has 1 aromatic heterocycles. The molecule has 1 aliphatic rings. The van der Waals surface area contributed by atoms with E-state index < -0.39 is 0 Å². The Bertz CT molecular complexity index is 449. The van der Waals surface area contributed by atoms with Gasteiger partial charge in [0.1, 0.15) is 0 Å². The van der Waals surface area contributed by atoms with Crippen LogP contribution in [0.2, 0.25) is 0 Å². The maximum atomic E-state index is 12.0. The van der Waals surface area contributed by atoms with E-state index in [0.717, 1.165) is 25.9 Å². The van der Waals surface area contributed by atoms with Crippen molar-refractivity contribution in [1.82, 2.24) is 25.2 Å². The molecule has 7 heteroatoms. The number of carbonyl (C=O) groups excluding carboxylic acids is 1. The van der Waals surface area contributed by atoms with Gasteiger partial charge < -0.3 is 16.0 Å². The number of hydrogen-bond acceptors (Lipinski definition) is 5. The molecule has 112 valence electrons. The third kappa shape index (κ3) is 3.77. The van der Waals surface area contributed by atoms with Crippen molar-refractivity contribution in [2.75, 3.05) is 33.2 Å². The SMILES string of the molecule is CN1CCC(C)(CNC(=O)c2cn(CCN)nn2)CC1. The third-order valence-corrected chi connectivity index (χ3v) is 4.00. The highest BCUT2D eigenvalue weighted by Crippen LogP contribution is 2.29.